The van der Waals surface area contributed by atoms with Gasteiger partial charge in [0.05, 0.1) is 5.56 Å². The molecule has 0 aliphatic rings. The zero-order valence-corrected chi connectivity index (χ0v) is 7.41. The quantitative estimate of drug-likeness (QED) is 0.649. The van der Waals surface area contributed by atoms with Crippen molar-refractivity contribution in [1.82, 2.24) is 14.5 Å². The molecule has 2 rings (SSSR count). The van der Waals surface area contributed by atoms with Gasteiger partial charge in [-0.3, -0.25) is 0 Å². The van der Waals surface area contributed by atoms with Gasteiger partial charge in [-0.2, -0.15) is 13.8 Å². The van der Waals surface area contributed by atoms with Crippen LogP contribution in [-0.2, 0) is 7.05 Å². The van der Waals surface area contributed by atoms with Crippen molar-refractivity contribution < 1.29 is 8.78 Å². The first-order valence-corrected chi connectivity index (χ1v) is 3.98. The van der Waals surface area contributed by atoms with Crippen LogP contribution < -0.4 is 0 Å². The molecule has 0 N–H and O–H groups in total. The van der Waals surface area contributed by atoms with E-state index in [4.69, 9.17) is 0 Å². The number of hydrogen-bond donors (Lipinski definition) is 0. The minimum Gasteiger partial charge on any atom is -0.334 e. The van der Waals surface area contributed by atoms with Gasteiger partial charge in [-0.25, -0.2) is 4.98 Å². The van der Waals surface area contributed by atoms with Crippen molar-refractivity contribution in [2.45, 2.75) is 0 Å². The highest BCUT2D eigenvalue weighted by atomic mass is 19.1. The molecule has 0 atom stereocenters. The molecule has 0 aromatic carbocycles. The summed E-state index contributed by atoms with van der Waals surface area (Å²) in [7, 11) is 1.73. The van der Waals surface area contributed by atoms with Crippen LogP contribution in [0.25, 0.3) is 11.4 Å². The zero-order chi connectivity index (χ0) is 10.1. The summed E-state index contributed by atoms with van der Waals surface area (Å²) in [5.41, 5.74) is 0.193. The second kappa shape index (κ2) is 3.17. The molecule has 0 saturated carbocycles. The third-order valence-corrected chi connectivity index (χ3v) is 1.88. The second-order valence-electron chi connectivity index (χ2n) is 2.83. The van der Waals surface area contributed by atoms with Crippen molar-refractivity contribution in [2.24, 2.45) is 7.05 Å². The molecule has 5 heteroatoms. The molecule has 14 heavy (non-hydrogen) atoms. The minimum absolute atomic E-state index is 0.193. The van der Waals surface area contributed by atoms with E-state index in [1.165, 1.54) is 12.3 Å². The van der Waals surface area contributed by atoms with Crippen molar-refractivity contribution in [1.29, 1.82) is 0 Å². The van der Waals surface area contributed by atoms with Crippen molar-refractivity contribution in [3.63, 3.8) is 0 Å². The second-order valence-corrected chi connectivity index (χ2v) is 2.83. The Labute approximate surface area is 79.0 Å². The maximum atomic E-state index is 13.2. The lowest BCUT2D eigenvalue weighted by Gasteiger charge is -2.01. The molecule has 0 saturated heterocycles. The molecule has 0 unspecified atom stereocenters. The summed E-state index contributed by atoms with van der Waals surface area (Å²) in [6, 6.07) is 2.42. The highest BCUT2D eigenvalue weighted by Gasteiger charge is 2.10. The first-order valence-electron chi connectivity index (χ1n) is 3.98. The summed E-state index contributed by atoms with van der Waals surface area (Å²) in [5, 5.41) is 0. The van der Waals surface area contributed by atoms with Gasteiger partial charge in [0, 0.05) is 19.4 Å². The first kappa shape index (κ1) is 8.80. The van der Waals surface area contributed by atoms with Gasteiger partial charge in [-0.15, -0.1) is 0 Å². The number of hydrogen-bond acceptors (Lipinski definition) is 2. The van der Waals surface area contributed by atoms with Gasteiger partial charge in [-0.05, 0) is 12.1 Å². The van der Waals surface area contributed by atoms with Crippen LogP contribution in [0, 0.1) is 11.9 Å². The fourth-order valence-electron chi connectivity index (χ4n) is 1.20. The number of halogens is 2. The standard InChI is InChI=1S/C9H7F2N3/c1-14-5-4-12-9(14)6-2-3-7(10)13-8(6)11/h2-5H,1H3. The van der Waals surface area contributed by atoms with E-state index in [0.717, 1.165) is 6.07 Å². The summed E-state index contributed by atoms with van der Waals surface area (Å²) in [6.45, 7) is 0. The summed E-state index contributed by atoms with van der Waals surface area (Å²) in [4.78, 5) is 7.02. The smallest absolute Gasteiger partial charge is 0.226 e. The molecule has 0 radical (unpaired) electrons. The van der Waals surface area contributed by atoms with E-state index in [0.29, 0.717) is 5.82 Å². The topological polar surface area (TPSA) is 30.7 Å². The Morgan fingerprint density at radius 3 is 2.64 bits per heavy atom. The summed E-state index contributed by atoms with van der Waals surface area (Å²) < 4.78 is 27.3. The maximum absolute atomic E-state index is 13.2. The lowest BCUT2D eigenvalue weighted by molar-refractivity contribution is 0.514. The lowest BCUT2D eigenvalue weighted by Crippen LogP contribution is -1.97. The van der Waals surface area contributed by atoms with Gasteiger partial charge in [0.25, 0.3) is 0 Å². The number of rotatable bonds is 1. The van der Waals surface area contributed by atoms with Gasteiger partial charge in [0.2, 0.25) is 11.9 Å². The molecule has 2 aromatic heterocycles. The Hall–Kier alpha value is -1.78. The Balaban J connectivity index is 2.58. The van der Waals surface area contributed by atoms with Crippen LogP contribution in [0.5, 0.6) is 0 Å². The van der Waals surface area contributed by atoms with Gasteiger partial charge in [-0.1, -0.05) is 0 Å². The molecular weight excluding hydrogens is 188 g/mol. The SMILES string of the molecule is Cn1ccnc1-c1ccc(F)nc1F. The highest BCUT2D eigenvalue weighted by Crippen LogP contribution is 2.18. The van der Waals surface area contributed by atoms with Crippen LogP contribution in [0.3, 0.4) is 0 Å². The molecule has 3 nitrogen and oxygen atoms in total. The van der Waals surface area contributed by atoms with E-state index in [-0.39, 0.29) is 5.56 Å². The molecule has 0 aliphatic heterocycles. The van der Waals surface area contributed by atoms with Gasteiger partial charge in [0.1, 0.15) is 5.82 Å². The average molecular weight is 195 g/mol. The van der Waals surface area contributed by atoms with E-state index >= 15 is 0 Å². The molecule has 0 fully saturated rings. The van der Waals surface area contributed by atoms with E-state index in [2.05, 4.69) is 9.97 Å². The number of nitrogens with zero attached hydrogens (tertiary/aromatic N) is 3. The Bertz CT molecular complexity index is 465. The van der Waals surface area contributed by atoms with Crippen molar-refractivity contribution in [2.75, 3.05) is 0 Å². The summed E-state index contributed by atoms with van der Waals surface area (Å²) in [6.07, 6.45) is 3.22. The Kier molecular flexibility index (Phi) is 1.99. The molecule has 2 heterocycles. The molecule has 0 bridgehead atoms. The van der Waals surface area contributed by atoms with E-state index in [9.17, 15) is 8.78 Å². The Morgan fingerprint density at radius 2 is 2.07 bits per heavy atom. The highest BCUT2D eigenvalue weighted by molar-refractivity contribution is 5.54. The predicted octanol–water partition coefficient (Wildman–Crippen LogP) is 1.76. The van der Waals surface area contributed by atoms with E-state index in [1.807, 2.05) is 0 Å². The minimum atomic E-state index is -0.848. The largest absolute Gasteiger partial charge is 0.334 e. The number of imidazole rings is 1. The van der Waals surface area contributed by atoms with Crippen molar-refractivity contribution in [3.05, 3.63) is 36.4 Å². The molecular formula is C9H7F2N3. The fraction of sp³-hybridized carbons (Fsp3) is 0.111. The van der Waals surface area contributed by atoms with Crippen LogP contribution in [-0.4, -0.2) is 14.5 Å². The third kappa shape index (κ3) is 1.37. The van der Waals surface area contributed by atoms with Crippen molar-refractivity contribution in [3.8, 4) is 11.4 Å². The fourth-order valence-corrected chi connectivity index (χ4v) is 1.20. The predicted molar refractivity (Wildman–Crippen MR) is 46.4 cm³/mol. The van der Waals surface area contributed by atoms with E-state index in [1.54, 1.807) is 17.8 Å². The third-order valence-electron chi connectivity index (χ3n) is 1.88. The lowest BCUT2D eigenvalue weighted by atomic mass is 10.2. The van der Waals surface area contributed by atoms with Gasteiger partial charge < -0.3 is 4.57 Å². The van der Waals surface area contributed by atoms with Crippen LogP contribution in [0.1, 0.15) is 0 Å². The van der Waals surface area contributed by atoms with Gasteiger partial charge in [0.15, 0.2) is 0 Å². The molecule has 0 aliphatic carbocycles. The number of aryl methyl sites for hydroxylation is 1. The maximum Gasteiger partial charge on any atom is 0.226 e. The van der Waals surface area contributed by atoms with Gasteiger partial charge >= 0.3 is 0 Å². The monoisotopic (exact) mass is 195 g/mol. The average Bonchev–Trinajstić information content (AvgIpc) is 2.52. The summed E-state index contributed by atoms with van der Waals surface area (Å²) in [5.74, 6) is -1.25. The van der Waals surface area contributed by atoms with Crippen molar-refractivity contribution >= 4 is 0 Å². The normalized spacial score (nSPS) is 10.5. The zero-order valence-electron chi connectivity index (χ0n) is 7.41. The van der Waals surface area contributed by atoms with Crippen LogP contribution in [0.4, 0.5) is 8.78 Å². The molecule has 2 aromatic rings. The molecule has 0 spiro atoms. The molecule has 72 valence electrons. The number of pyridine rings is 1. The van der Waals surface area contributed by atoms with E-state index < -0.39 is 11.9 Å². The van der Waals surface area contributed by atoms with Crippen LogP contribution in [0.15, 0.2) is 24.5 Å². The summed E-state index contributed by atoms with van der Waals surface area (Å²) >= 11 is 0. The Morgan fingerprint density at radius 1 is 1.29 bits per heavy atom. The van der Waals surface area contributed by atoms with Crippen LogP contribution >= 0.6 is 0 Å². The number of aromatic nitrogens is 3. The molecule has 0 amide bonds. The van der Waals surface area contributed by atoms with Crippen LogP contribution in [0.2, 0.25) is 0 Å². The first-order chi connectivity index (χ1) is 6.68.